The number of carbonyl (C=O) groups excluding carboxylic acids is 1. The lowest BCUT2D eigenvalue weighted by Gasteiger charge is -2.34. The van der Waals surface area contributed by atoms with E-state index in [2.05, 4.69) is 65.7 Å². The van der Waals surface area contributed by atoms with Crippen molar-refractivity contribution in [3.63, 3.8) is 0 Å². The molecule has 0 spiro atoms. The quantitative estimate of drug-likeness (QED) is 0.865. The summed E-state index contributed by atoms with van der Waals surface area (Å²) in [5.41, 5.74) is 3.78. The summed E-state index contributed by atoms with van der Waals surface area (Å²) >= 11 is 0. The number of nitrogens with one attached hydrogen (secondary N) is 1. The third-order valence-corrected chi connectivity index (χ3v) is 4.97. The van der Waals surface area contributed by atoms with E-state index >= 15 is 0 Å². The van der Waals surface area contributed by atoms with Crippen LogP contribution in [0.25, 0.3) is 0 Å². The van der Waals surface area contributed by atoms with Gasteiger partial charge in [-0.25, -0.2) is 4.79 Å². The highest BCUT2D eigenvalue weighted by molar-refractivity contribution is 5.74. The molecule has 3 rings (SSSR count). The van der Waals surface area contributed by atoms with Gasteiger partial charge < -0.3 is 10.2 Å². The van der Waals surface area contributed by atoms with E-state index in [1.807, 2.05) is 11.0 Å². The van der Waals surface area contributed by atoms with Crippen LogP contribution in [0.4, 0.5) is 4.79 Å². The second-order valence-electron chi connectivity index (χ2n) is 7.07. The molecule has 4 nitrogen and oxygen atoms in total. The highest BCUT2D eigenvalue weighted by atomic mass is 16.2. The third kappa shape index (κ3) is 5.60. The number of amides is 2. The minimum absolute atomic E-state index is 0.0513. The Morgan fingerprint density at radius 1 is 0.962 bits per heavy atom. The molecule has 1 fully saturated rings. The molecule has 0 atom stereocenters. The average Bonchev–Trinajstić information content (AvgIpc) is 2.68. The van der Waals surface area contributed by atoms with Gasteiger partial charge in [-0.3, -0.25) is 4.90 Å². The first-order chi connectivity index (χ1) is 12.7. The standard InChI is InChI=1S/C22H29N3O/c1-19-7-5-10-21(17-19)18-23-22(26)25-15-13-24(14-16-25)12-6-11-20-8-3-2-4-9-20/h2-5,7-10,17H,6,11-16,18H2,1H3,(H,23,26). The molecule has 0 aromatic heterocycles. The number of piperazine rings is 1. The molecule has 1 saturated heterocycles. The largest absolute Gasteiger partial charge is 0.334 e. The van der Waals surface area contributed by atoms with Crippen LogP contribution in [0.1, 0.15) is 23.1 Å². The van der Waals surface area contributed by atoms with Crippen molar-refractivity contribution in [1.29, 1.82) is 0 Å². The van der Waals surface area contributed by atoms with Crippen molar-refractivity contribution < 1.29 is 4.79 Å². The van der Waals surface area contributed by atoms with Crippen molar-refractivity contribution in [2.45, 2.75) is 26.3 Å². The average molecular weight is 351 g/mol. The van der Waals surface area contributed by atoms with E-state index in [4.69, 9.17) is 0 Å². The molecule has 1 aliphatic heterocycles. The Balaban J connectivity index is 1.34. The Labute approximate surface area is 156 Å². The smallest absolute Gasteiger partial charge is 0.317 e. The van der Waals surface area contributed by atoms with Gasteiger partial charge in [0.05, 0.1) is 0 Å². The summed E-state index contributed by atoms with van der Waals surface area (Å²) in [7, 11) is 0. The molecule has 26 heavy (non-hydrogen) atoms. The Hall–Kier alpha value is -2.33. The van der Waals surface area contributed by atoms with E-state index in [1.165, 1.54) is 17.5 Å². The van der Waals surface area contributed by atoms with Gasteiger partial charge in [-0.15, -0.1) is 0 Å². The van der Waals surface area contributed by atoms with Gasteiger partial charge in [0.2, 0.25) is 0 Å². The summed E-state index contributed by atoms with van der Waals surface area (Å²) < 4.78 is 0. The predicted octanol–water partition coefficient (Wildman–Crippen LogP) is 3.46. The number of rotatable bonds is 6. The van der Waals surface area contributed by atoms with Crippen LogP contribution in [0.15, 0.2) is 54.6 Å². The number of hydrogen-bond acceptors (Lipinski definition) is 2. The molecule has 2 aromatic carbocycles. The third-order valence-electron chi connectivity index (χ3n) is 4.97. The maximum absolute atomic E-state index is 12.4. The molecular weight excluding hydrogens is 322 g/mol. The van der Waals surface area contributed by atoms with Crippen molar-refractivity contribution in [2.75, 3.05) is 32.7 Å². The Kier molecular flexibility index (Phi) is 6.67. The van der Waals surface area contributed by atoms with Crippen LogP contribution in [0.2, 0.25) is 0 Å². The molecule has 0 bridgehead atoms. The van der Waals surface area contributed by atoms with Gasteiger partial charge in [-0.05, 0) is 37.4 Å². The Morgan fingerprint density at radius 2 is 1.69 bits per heavy atom. The molecular formula is C22H29N3O. The normalized spacial score (nSPS) is 15.0. The molecule has 0 saturated carbocycles. The second kappa shape index (κ2) is 9.39. The fraction of sp³-hybridized carbons (Fsp3) is 0.409. The molecule has 2 amide bonds. The van der Waals surface area contributed by atoms with Crippen molar-refractivity contribution in [1.82, 2.24) is 15.1 Å². The van der Waals surface area contributed by atoms with E-state index in [-0.39, 0.29) is 6.03 Å². The molecule has 1 heterocycles. The van der Waals surface area contributed by atoms with E-state index < -0.39 is 0 Å². The maximum atomic E-state index is 12.4. The van der Waals surface area contributed by atoms with Gasteiger partial charge in [0, 0.05) is 32.7 Å². The summed E-state index contributed by atoms with van der Waals surface area (Å²) in [5, 5.41) is 3.04. The van der Waals surface area contributed by atoms with Gasteiger partial charge in [0.15, 0.2) is 0 Å². The van der Waals surface area contributed by atoms with Crippen molar-refractivity contribution in [3.8, 4) is 0 Å². The minimum atomic E-state index is 0.0513. The zero-order valence-electron chi connectivity index (χ0n) is 15.7. The lowest BCUT2D eigenvalue weighted by molar-refractivity contribution is 0.138. The number of hydrogen-bond donors (Lipinski definition) is 1. The summed E-state index contributed by atoms with van der Waals surface area (Å²) in [5.74, 6) is 0. The minimum Gasteiger partial charge on any atom is -0.334 e. The van der Waals surface area contributed by atoms with E-state index in [1.54, 1.807) is 0 Å². The molecule has 138 valence electrons. The van der Waals surface area contributed by atoms with Crippen molar-refractivity contribution in [3.05, 3.63) is 71.3 Å². The van der Waals surface area contributed by atoms with Crippen LogP contribution in [0, 0.1) is 6.92 Å². The fourth-order valence-electron chi connectivity index (χ4n) is 3.44. The lowest BCUT2D eigenvalue weighted by Crippen LogP contribution is -2.51. The highest BCUT2D eigenvalue weighted by Crippen LogP contribution is 2.08. The van der Waals surface area contributed by atoms with Crippen LogP contribution in [-0.4, -0.2) is 48.6 Å². The number of aryl methyl sites for hydroxylation is 2. The SMILES string of the molecule is Cc1cccc(CNC(=O)N2CCN(CCCc3ccccc3)CC2)c1. The lowest BCUT2D eigenvalue weighted by atomic mass is 10.1. The monoisotopic (exact) mass is 351 g/mol. The summed E-state index contributed by atoms with van der Waals surface area (Å²) in [6, 6.07) is 19.0. The van der Waals surface area contributed by atoms with E-state index in [0.717, 1.165) is 44.7 Å². The number of benzene rings is 2. The second-order valence-corrected chi connectivity index (χ2v) is 7.07. The zero-order chi connectivity index (χ0) is 18.2. The van der Waals surface area contributed by atoms with Gasteiger partial charge >= 0.3 is 6.03 Å². The summed E-state index contributed by atoms with van der Waals surface area (Å²) in [4.78, 5) is 16.8. The molecule has 4 heteroatoms. The Bertz CT molecular complexity index is 694. The molecule has 2 aromatic rings. The predicted molar refractivity (Wildman–Crippen MR) is 106 cm³/mol. The number of urea groups is 1. The van der Waals surface area contributed by atoms with Crippen LogP contribution in [0.3, 0.4) is 0 Å². The summed E-state index contributed by atoms with van der Waals surface area (Å²) in [6.07, 6.45) is 2.29. The molecule has 1 N–H and O–H groups in total. The molecule has 0 unspecified atom stereocenters. The molecule has 0 aliphatic carbocycles. The Morgan fingerprint density at radius 3 is 2.42 bits per heavy atom. The first-order valence-corrected chi connectivity index (χ1v) is 9.55. The van der Waals surface area contributed by atoms with Crippen molar-refractivity contribution >= 4 is 6.03 Å². The van der Waals surface area contributed by atoms with Gasteiger partial charge in [-0.1, -0.05) is 60.2 Å². The molecule has 1 aliphatic rings. The van der Waals surface area contributed by atoms with Crippen LogP contribution in [-0.2, 0) is 13.0 Å². The highest BCUT2D eigenvalue weighted by Gasteiger charge is 2.20. The van der Waals surface area contributed by atoms with Crippen LogP contribution < -0.4 is 5.32 Å². The number of nitrogens with zero attached hydrogens (tertiary/aromatic N) is 2. The summed E-state index contributed by atoms with van der Waals surface area (Å²) in [6.45, 7) is 7.32. The van der Waals surface area contributed by atoms with Gasteiger partial charge in [0.25, 0.3) is 0 Å². The van der Waals surface area contributed by atoms with Gasteiger partial charge in [-0.2, -0.15) is 0 Å². The van der Waals surface area contributed by atoms with Crippen LogP contribution >= 0.6 is 0 Å². The van der Waals surface area contributed by atoms with E-state index in [0.29, 0.717) is 6.54 Å². The first-order valence-electron chi connectivity index (χ1n) is 9.55. The fourth-order valence-corrected chi connectivity index (χ4v) is 3.44. The topological polar surface area (TPSA) is 35.6 Å². The number of carbonyl (C=O) groups is 1. The van der Waals surface area contributed by atoms with Gasteiger partial charge in [0.1, 0.15) is 0 Å². The van der Waals surface area contributed by atoms with E-state index in [9.17, 15) is 4.79 Å². The maximum Gasteiger partial charge on any atom is 0.317 e. The molecule has 0 radical (unpaired) electrons. The zero-order valence-corrected chi connectivity index (χ0v) is 15.7. The van der Waals surface area contributed by atoms with Crippen molar-refractivity contribution in [2.24, 2.45) is 0 Å². The van der Waals surface area contributed by atoms with Crippen LogP contribution in [0.5, 0.6) is 0 Å². The first kappa shape index (κ1) is 18.5.